The highest BCUT2D eigenvalue weighted by molar-refractivity contribution is 6.00. The van der Waals surface area contributed by atoms with Crippen LogP contribution < -0.4 is 5.73 Å². The molecule has 2 atom stereocenters. The fourth-order valence-corrected chi connectivity index (χ4v) is 3.74. The van der Waals surface area contributed by atoms with Crippen LogP contribution in [0.4, 0.5) is 0 Å². The Morgan fingerprint density at radius 1 is 1.15 bits per heavy atom. The quantitative estimate of drug-likeness (QED) is 0.463. The van der Waals surface area contributed by atoms with Crippen LogP contribution in [0.5, 0.6) is 0 Å². The summed E-state index contributed by atoms with van der Waals surface area (Å²) in [5, 5.41) is 9.98. The molecule has 0 aliphatic heterocycles. The summed E-state index contributed by atoms with van der Waals surface area (Å²) < 4.78 is 10.4. The minimum absolute atomic E-state index is 0.0441. The summed E-state index contributed by atoms with van der Waals surface area (Å²) in [6.07, 6.45) is 5.09. The van der Waals surface area contributed by atoms with Crippen LogP contribution in [0.2, 0.25) is 0 Å². The number of hydrogen-bond donors (Lipinski definition) is 2. The highest BCUT2D eigenvalue weighted by Crippen LogP contribution is 2.39. The van der Waals surface area contributed by atoms with E-state index in [0.29, 0.717) is 0 Å². The smallest absolute Gasteiger partial charge is 0.325 e. The number of carbonyl (C=O) groups excluding carboxylic acids is 2. The second-order valence-electron chi connectivity index (χ2n) is 8.44. The molecular weight excluding hydrogens is 350 g/mol. The van der Waals surface area contributed by atoms with Crippen molar-refractivity contribution in [3.63, 3.8) is 0 Å². The van der Waals surface area contributed by atoms with Crippen molar-refractivity contribution in [2.24, 2.45) is 17.1 Å². The van der Waals surface area contributed by atoms with Gasteiger partial charge in [0.15, 0.2) is 5.41 Å². The Bertz CT molecular complexity index is 521. The topological polar surface area (TPSA) is 116 Å². The summed E-state index contributed by atoms with van der Waals surface area (Å²) in [4.78, 5) is 36.9. The highest BCUT2D eigenvalue weighted by atomic mass is 16.6. The molecule has 0 saturated heterocycles. The lowest BCUT2D eigenvalue weighted by Crippen LogP contribution is -2.55. The molecule has 0 radical (unpaired) electrons. The fourth-order valence-electron chi connectivity index (χ4n) is 3.74. The van der Waals surface area contributed by atoms with E-state index in [-0.39, 0.29) is 31.8 Å². The van der Waals surface area contributed by atoms with Crippen LogP contribution in [0.1, 0.15) is 79.1 Å². The molecule has 3 N–H and O–H groups in total. The van der Waals surface area contributed by atoms with Gasteiger partial charge in [-0.25, -0.2) is 0 Å². The second kappa shape index (κ2) is 10.1. The van der Waals surface area contributed by atoms with Crippen molar-refractivity contribution in [3.05, 3.63) is 0 Å². The standard InChI is InChI=1S/C20H35NO6/c1-5-26-18(25)20(17(23)24,13-14-9-7-6-8-10-14)15(21)11-12-16(22)27-19(2,3)4/h14-15H,5-13,21H2,1-4H3,(H,23,24). The first-order valence-corrected chi connectivity index (χ1v) is 9.91. The summed E-state index contributed by atoms with van der Waals surface area (Å²) in [5.41, 5.74) is 3.76. The van der Waals surface area contributed by atoms with Gasteiger partial charge in [0.25, 0.3) is 0 Å². The Balaban J connectivity index is 2.97. The maximum atomic E-state index is 12.7. The molecule has 2 unspecified atom stereocenters. The van der Waals surface area contributed by atoms with Gasteiger partial charge in [-0.15, -0.1) is 0 Å². The van der Waals surface area contributed by atoms with E-state index in [0.717, 1.165) is 32.1 Å². The summed E-state index contributed by atoms with van der Waals surface area (Å²) >= 11 is 0. The van der Waals surface area contributed by atoms with Gasteiger partial charge in [0.05, 0.1) is 6.61 Å². The van der Waals surface area contributed by atoms with Crippen LogP contribution in [0.3, 0.4) is 0 Å². The summed E-state index contributed by atoms with van der Waals surface area (Å²) in [5.74, 6) is -2.42. The number of carboxylic acid groups (broad SMARTS) is 1. The Kier molecular flexibility index (Phi) is 8.72. The van der Waals surface area contributed by atoms with Crippen molar-refractivity contribution < 1.29 is 29.0 Å². The molecule has 0 aromatic heterocycles. The largest absolute Gasteiger partial charge is 0.480 e. The molecule has 1 saturated carbocycles. The summed E-state index contributed by atoms with van der Waals surface area (Å²) in [7, 11) is 0. The third-order valence-corrected chi connectivity index (χ3v) is 5.07. The zero-order chi connectivity index (χ0) is 20.7. The van der Waals surface area contributed by atoms with Crippen molar-refractivity contribution in [1.82, 2.24) is 0 Å². The van der Waals surface area contributed by atoms with E-state index in [1.807, 2.05) is 0 Å². The van der Waals surface area contributed by atoms with Gasteiger partial charge >= 0.3 is 17.9 Å². The van der Waals surface area contributed by atoms with Gasteiger partial charge in [0.2, 0.25) is 0 Å². The molecule has 7 nitrogen and oxygen atoms in total. The average molecular weight is 386 g/mol. The van der Waals surface area contributed by atoms with Crippen molar-refractivity contribution in [1.29, 1.82) is 0 Å². The average Bonchev–Trinajstić information content (AvgIpc) is 2.56. The molecule has 7 heteroatoms. The molecule has 0 spiro atoms. The third kappa shape index (κ3) is 6.79. The molecule has 1 aliphatic carbocycles. The molecule has 0 aromatic rings. The number of nitrogens with two attached hydrogens (primary N) is 1. The number of aliphatic carboxylic acids is 1. The molecule has 1 aliphatic rings. The Morgan fingerprint density at radius 3 is 2.22 bits per heavy atom. The molecule has 27 heavy (non-hydrogen) atoms. The number of hydrogen-bond acceptors (Lipinski definition) is 6. The van der Waals surface area contributed by atoms with Gasteiger partial charge in [0, 0.05) is 12.5 Å². The molecule has 1 rings (SSSR count). The molecule has 0 bridgehead atoms. The number of esters is 2. The Morgan fingerprint density at radius 2 is 1.74 bits per heavy atom. The van der Waals surface area contributed by atoms with Gasteiger partial charge < -0.3 is 20.3 Å². The van der Waals surface area contributed by atoms with E-state index >= 15 is 0 Å². The fraction of sp³-hybridized carbons (Fsp3) is 0.850. The van der Waals surface area contributed by atoms with Crippen molar-refractivity contribution in [3.8, 4) is 0 Å². The molecule has 0 heterocycles. The van der Waals surface area contributed by atoms with E-state index in [9.17, 15) is 19.5 Å². The number of ether oxygens (including phenoxy) is 2. The van der Waals surface area contributed by atoms with Crippen LogP contribution in [0.25, 0.3) is 0 Å². The minimum atomic E-state index is -1.83. The number of rotatable bonds is 9. The first-order valence-electron chi connectivity index (χ1n) is 9.91. The van der Waals surface area contributed by atoms with Crippen molar-refractivity contribution >= 4 is 17.9 Å². The van der Waals surface area contributed by atoms with Crippen LogP contribution in [-0.2, 0) is 23.9 Å². The lowest BCUT2D eigenvalue weighted by atomic mass is 9.69. The highest BCUT2D eigenvalue weighted by Gasteiger charge is 2.53. The van der Waals surface area contributed by atoms with E-state index in [1.54, 1.807) is 27.7 Å². The first-order chi connectivity index (χ1) is 12.5. The molecule has 0 amide bonds. The van der Waals surface area contributed by atoms with Gasteiger partial charge in [-0.2, -0.15) is 0 Å². The van der Waals surface area contributed by atoms with Crippen LogP contribution in [0.15, 0.2) is 0 Å². The normalized spacial score (nSPS) is 19.0. The lowest BCUT2D eigenvalue weighted by molar-refractivity contribution is -0.173. The zero-order valence-corrected chi connectivity index (χ0v) is 17.1. The summed E-state index contributed by atoms with van der Waals surface area (Å²) in [6.45, 7) is 6.99. The van der Waals surface area contributed by atoms with Gasteiger partial charge in [0.1, 0.15) is 5.60 Å². The van der Waals surface area contributed by atoms with Crippen LogP contribution in [-0.4, -0.2) is 41.3 Å². The number of carboxylic acids is 1. The minimum Gasteiger partial charge on any atom is -0.480 e. The maximum absolute atomic E-state index is 12.7. The van der Waals surface area contributed by atoms with E-state index in [4.69, 9.17) is 15.2 Å². The molecule has 0 aromatic carbocycles. The molecular formula is C20H35NO6. The van der Waals surface area contributed by atoms with Crippen LogP contribution in [0, 0.1) is 11.3 Å². The molecule has 1 fully saturated rings. The second-order valence-corrected chi connectivity index (χ2v) is 8.44. The van der Waals surface area contributed by atoms with Crippen LogP contribution >= 0.6 is 0 Å². The lowest BCUT2D eigenvalue weighted by Gasteiger charge is -2.36. The number of carbonyl (C=O) groups is 3. The third-order valence-electron chi connectivity index (χ3n) is 5.07. The van der Waals surface area contributed by atoms with E-state index < -0.39 is 35.0 Å². The Hall–Kier alpha value is -1.63. The van der Waals surface area contributed by atoms with Gasteiger partial charge in [-0.3, -0.25) is 14.4 Å². The van der Waals surface area contributed by atoms with E-state index in [1.165, 1.54) is 0 Å². The van der Waals surface area contributed by atoms with Gasteiger partial charge in [-0.1, -0.05) is 32.1 Å². The zero-order valence-electron chi connectivity index (χ0n) is 17.1. The predicted octanol–water partition coefficient (Wildman–Crippen LogP) is 3.04. The monoisotopic (exact) mass is 385 g/mol. The van der Waals surface area contributed by atoms with Crippen molar-refractivity contribution in [2.45, 2.75) is 90.7 Å². The van der Waals surface area contributed by atoms with Gasteiger partial charge in [-0.05, 0) is 46.5 Å². The Labute approximate surface area is 162 Å². The first kappa shape index (κ1) is 23.4. The predicted molar refractivity (Wildman–Crippen MR) is 101 cm³/mol. The van der Waals surface area contributed by atoms with Crippen molar-refractivity contribution in [2.75, 3.05) is 6.61 Å². The summed E-state index contributed by atoms with van der Waals surface area (Å²) in [6, 6.07) is -1.02. The SMILES string of the molecule is CCOC(=O)C(CC1CCCCC1)(C(=O)O)C(N)CCC(=O)OC(C)(C)C. The maximum Gasteiger partial charge on any atom is 0.325 e. The van der Waals surface area contributed by atoms with E-state index in [2.05, 4.69) is 0 Å². The molecule has 156 valence electrons.